The maximum absolute atomic E-state index is 12.3. The van der Waals surface area contributed by atoms with Crippen LogP contribution < -0.4 is 0 Å². The Bertz CT molecular complexity index is 457. The van der Waals surface area contributed by atoms with E-state index in [2.05, 4.69) is 10.1 Å². The Morgan fingerprint density at radius 1 is 1.38 bits per heavy atom. The average molecular weight is 232 g/mol. The van der Waals surface area contributed by atoms with Crippen molar-refractivity contribution in [1.82, 2.24) is 4.98 Å². The third kappa shape index (κ3) is 1.63. The van der Waals surface area contributed by atoms with Gasteiger partial charge in [0, 0.05) is 12.0 Å². The van der Waals surface area contributed by atoms with Gasteiger partial charge in [-0.15, -0.1) is 0 Å². The number of aliphatic hydroxyl groups excluding tert-OH is 1. The van der Waals surface area contributed by atoms with Gasteiger partial charge >= 0.3 is 6.18 Å². The fourth-order valence-corrected chi connectivity index (χ4v) is 1.63. The summed E-state index contributed by atoms with van der Waals surface area (Å²) in [7, 11) is 0. The number of fused-ring (bicyclic) bond motifs is 1. The maximum atomic E-state index is 12.3. The molecular formula is C9H7F3N2O2. The molecule has 1 aromatic heterocycles. The Hall–Kier alpha value is -1.63. The molecule has 2 rings (SSSR count). The van der Waals surface area contributed by atoms with Gasteiger partial charge in [0.25, 0.3) is 0 Å². The molecule has 0 radical (unpaired) electrons. The second-order valence-electron chi connectivity index (χ2n) is 3.39. The highest BCUT2D eigenvalue weighted by atomic mass is 19.4. The highest BCUT2D eigenvalue weighted by Gasteiger charge is 2.36. The summed E-state index contributed by atoms with van der Waals surface area (Å²) in [6, 6.07) is 1.94. The number of aliphatic hydroxyl groups is 1. The van der Waals surface area contributed by atoms with Gasteiger partial charge in [0.2, 0.25) is 0 Å². The topological polar surface area (TPSA) is 65.7 Å². The second-order valence-corrected chi connectivity index (χ2v) is 3.39. The standard InChI is InChI=1S/C9H7F3N2O2/c10-9(11,12)7-2-1-4-5(13-7)3-6(15)8(4)14-16/h1-2,6,15-16H,3H2/b14-8-. The smallest absolute Gasteiger partial charge is 0.411 e. The zero-order chi connectivity index (χ0) is 11.9. The minimum atomic E-state index is -4.51. The maximum Gasteiger partial charge on any atom is 0.433 e. The number of oxime groups is 1. The van der Waals surface area contributed by atoms with Gasteiger partial charge in [0.05, 0.1) is 5.69 Å². The van der Waals surface area contributed by atoms with Gasteiger partial charge in [-0.3, -0.25) is 0 Å². The highest BCUT2D eigenvalue weighted by molar-refractivity contribution is 6.06. The molecule has 0 saturated heterocycles. The number of alkyl halides is 3. The van der Waals surface area contributed by atoms with Crippen molar-refractivity contribution in [3.63, 3.8) is 0 Å². The number of hydrogen-bond acceptors (Lipinski definition) is 4. The Morgan fingerprint density at radius 2 is 2.06 bits per heavy atom. The van der Waals surface area contributed by atoms with E-state index in [4.69, 9.17) is 5.21 Å². The molecular weight excluding hydrogens is 225 g/mol. The van der Waals surface area contributed by atoms with E-state index in [1.165, 1.54) is 0 Å². The molecule has 86 valence electrons. The van der Waals surface area contributed by atoms with E-state index in [0.717, 1.165) is 12.1 Å². The normalized spacial score (nSPS) is 22.5. The summed E-state index contributed by atoms with van der Waals surface area (Å²) in [4.78, 5) is 3.40. The molecule has 4 nitrogen and oxygen atoms in total. The van der Waals surface area contributed by atoms with Crippen molar-refractivity contribution >= 4 is 5.71 Å². The molecule has 0 saturated carbocycles. The van der Waals surface area contributed by atoms with Crippen LogP contribution in [0.15, 0.2) is 17.3 Å². The average Bonchev–Trinajstić information content (AvgIpc) is 2.50. The number of pyridine rings is 1. The quantitative estimate of drug-likeness (QED) is 0.521. The van der Waals surface area contributed by atoms with Crippen LogP contribution in [0.3, 0.4) is 0 Å². The first kappa shape index (κ1) is 10.9. The first-order chi connectivity index (χ1) is 7.43. The summed E-state index contributed by atoms with van der Waals surface area (Å²) in [5, 5.41) is 20.8. The third-order valence-corrected chi connectivity index (χ3v) is 2.35. The summed E-state index contributed by atoms with van der Waals surface area (Å²) in [5.74, 6) is 0. The number of halogens is 3. The van der Waals surface area contributed by atoms with Crippen molar-refractivity contribution < 1.29 is 23.5 Å². The summed E-state index contributed by atoms with van der Waals surface area (Å²) in [6.45, 7) is 0. The van der Waals surface area contributed by atoms with Gasteiger partial charge in [-0.2, -0.15) is 13.2 Å². The van der Waals surface area contributed by atoms with Crippen molar-refractivity contribution in [2.75, 3.05) is 0 Å². The molecule has 0 amide bonds. The predicted molar refractivity (Wildman–Crippen MR) is 47.3 cm³/mol. The van der Waals surface area contributed by atoms with Gasteiger partial charge in [-0.25, -0.2) is 4.98 Å². The molecule has 1 atom stereocenters. The molecule has 2 N–H and O–H groups in total. The van der Waals surface area contributed by atoms with E-state index in [-0.39, 0.29) is 23.4 Å². The van der Waals surface area contributed by atoms with E-state index in [9.17, 15) is 18.3 Å². The zero-order valence-electron chi connectivity index (χ0n) is 7.86. The summed E-state index contributed by atoms with van der Waals surface area (Å²) >= 11 is 0. The van der Waals surface area contributed by atoms with Crippen molar-refractivity contribution in [2.24, 2.45) is 5.16 Å². The molecule has 0 spiro atoms. The van der Waals surface area contributed by atoms with Crippen LogP contribution in [-0.4, -0.2) is 27.1 Å². The summed E-state index contributed by atoms with van der Waals surface area (Å²) in [5.41, 5.74) is -0.716. The summed E-state index contributed by atoms with van der Waals surface area (Å²) in [6.07, 6.45) is -5.69. The van der Waals surface area contributed by atoms with Gasteiger partial charge in [-0.05, 0) is 12.1 Å². The lowest BCUT2D eigenvalue weighted by atomic mass is 10.2. The molecule has 0 fully saturated rings. The van der Waals surface area contributed by atoms with Crippen molar-refractivity contribution in [3.05, 3.63) is 29.1 Å². The Balaban J connectivity index is 2.49. The van der Waals surface area contributed by atoms with Crippen LogP contribution in [-0.2, 0) is 12.6 Å². The van der Waals surface area contributed by atoms with E-state index in [0.29, 0.717) is 0 Å². The van der Waals surface area contributed by atoms with Crippen molar-refractivity contribution in [2.45, 2.75) is 18.7 Å². The molecule has 0 aromatic carbocycles. The molecule has 1 aliphatic rings. The van der Waals surface area contributed by atoms with Crippen LogP contribution in [0, 0.1) is 0 Å². The van der Waals surface area contributed by atoms with Gasteiger partial charge in [0.15, 0.2) is 0 Å². The largest absolute Gasteiger partial charge is 0.433 e. The van der Waals surface area contributed by atoms with Crippen LogP contribution in [0.5, 0.6) is 0 Å². The minimum Gasteiger partial charge on any atom is -0.411 e. The lowest BCUT2D eigenvalue weighted by Gasteiger charge is -2.06. The molecule has 1 unspecified atom stereocenters. The van der Waals surface area contributed by atoms with Crippen LogP contribution in [0.1, 0.15) is 17.0 Å². The van der Waals surface area contributed by atoms with Gasteiger partial charge in [0.1, 0.15) is 17.5 Å². The van der Waals surface area contributed by atoms with Crippen molar-refractivity contribution in [3.8, 4) is 0 Å². The Morgan fingerprint density at radius 3 is 2.62 bits per heavy atom. The number of hydrogen-bond donors (Lipinski definition) is 2. The minimum absolute atomic E-state index is 0.0452. The van der Waals surface area contributed by atoms with Gasteiger partial charge in [-0.1, -0.05) is 5.16 Å². The fraction of sp³-hybridized carbons (Fsp3) is 0.333. The molecule has 7 heteroatoms. The second kappa shape index (κ2) is 3.44. The SMILES string of the molecule is O/N=C1/c2ccc(C(F)(F)F)nc2CC1O. The molecule has 1 aliphatic carbocycles. The molecule has 0 bridgehead atoms. The van der Waals surface area contributed by atoms with E-state index in [1.54, 1.807) is 0 Å². The van der Waals surface area contributed by atoms with Crippen LogP contribution >= 0.6 is 0 Å². The first-order valence-electron chi connectivity index (χ1n) is 4.41. The lowest BCUT2D eigenvalue weighted by molar-refractivity contribution is -0.141. The Kier molecular flexibility index (Phi) is 2.34. The number of nitrogens with zero attached hydrogens (tertiary/aromatic N) is 2. The molecule has 16 heavy (non-hydrogen) atoms. The third-order valence-electron chi connectivity index (χ3n) is 2.35. The highest BCUT2D eigenvalue weighted by Crippen LogP contribution is 2.30. The first-order valence-corrected chi connectivity index (χ1v) is 4.41. The van der Waals surface area contributed by atoms with E-state index < -0.39 is 18.0 Å². The fourth-order valence-electron chi connectivity index (χ4n) is 1.63. The Labute approximate surface area is 88.0 Å². The lowest BCUT2D eigenvalue weighted by Crippen LogP contribution is -2.15. The molecule has 0 aliphatic heterocycles. The molecule has 1 aromatic rings. The monoisotopic (exact) mass is 232 g/mol. The number of rotatable bonds is 0. The summed E-state index contributed by atoms with van der Waals surface area (Å²) < 4.78 is 37.0. The van der Waals surface area contributed by atoms with E-state index in [1.807, 2.05) is 0 Å². The van der Waals surface area contributed by atoms with Crippen molar-refractivity contribution in [1.29, 1.82) is 0 Å². The van der Waals surface area contributed by atoms with Gasteiger partial charge < -0.3 is 10.3 Å². The van der Waals surface area contributed by atoms with Crippen LogP contribution in [0.25, 0.3) is 0 Å². The van der Waals surface area contributed by atoms with E-state index >= 15 is 0 Å². The van der Waals surface area contributed by atoms with Crippen LogP contribution in [0.2, 0.25) is 0 Å². The number of aromatic nitrogens is 1. The zero-order valence-corrected chi connectivity index (χ0v) is 7.86. The van der Waals surface area contributed by atoms with Crippen LogP contribution in [0.4, 0.5) is 13.2 Å². The molecule has 1 heterocycles. The predicted octanol–water partition coefficient (Wildman–Crippen LogP) is 1.20.